The van der Waals surface area contributed by atoms with Gasteiger partial charge in [0, 0.05) is 24.9 Å². The van der Waals surface area contributed by atoms with Crippen LogP contribution in [0.15, 0.2) is 12.2 Å². The molecule has 5 nitrogen and oxygen atoms in total. The zero-order valence-electron chi connectivity index (χ0n) is 23.7. The third-order valence-corrected chi connectivity index (χ3v) is 18.3. The van der Waals surface area contributed by atoms with Gasteiger partial charge in [0.1, 0.15) is 0 Å². The molecule has 0 aromatic carbocycles. The molecule has 2 saturated carbocycles. The molecule has 2 aliphatic carbocycles. The van der Waals surface area contributed by atoms with Crippen LogP contribution < -0.4 is 0 Å². The number of aliphatic hydroxyl groups is 1. The van der Waals surface area contributed by atoms with Gasteiger partial charge in [0.05, 0.1) is 19.3 Å². The monoisotopic (exact) mass is 512 g/mol. The lowest BCUT2D eigenvalue weighted by Gasteiger charge is -2.42. The molecule has 0 aromatic heterocycles. The van der Waals surface area contributed by atoms with E-state index in [1.807, 2.05) is 6.08 Å². The molecule has 7 heteroatoms. The number of allylic oxidation sites excluding steroid dienone is 1. The summed E-state index contributed by atoms with van der Waals surface area (Å²) in [5.41, 5.74) is 0. The number of carbonyl (C=O) groups is 1. The molecular formula is C27H52O5Si2. The maximum absolute atomic E-state index is 11.4. The van der Waals surface area contributed by atoms with Gasteiger partial charge in [-0.3, -0.25) is 4.79 Å². The zero-order chi connectivity index (χ0) is 26.1. The van der Waals surface area contributed by atoms with Crippen molar-refractivity contribution in [1.82, 2.24) is 0 Å². The van der Waals surface area contributed by atoms with Gasteiger partial charge >= 0.3 is 5.97 Å². The maximum atomic E-state index is 11.4. The molecule has 0 bridgehead atoms. The highest BCUT2D eigenvalue weighted by molar-refractivity contribution is 6.74. The molecule has 0 aliphatic heterocycles. The van der Waals surface area contributed by atoms with Crippen molar-refractivity contribution < 1.29 is 23.5 Å². The molecule has 0 radical (unpaired) electrons. The Balaban J connectivity index is 2.18. The van der Waals surface area contributed by atoms with E-state index in [1.54, 1.807) is 0 Å². The standard InChI is InChI=1S/C27H52O5Si2/c1-26(2,3)33(8,9)31-18-22-20-16-19(14-12-13-15-24(28)30-7)25(29)21(20)17-23(22)32-34(10,11)27(4,5)6/h12,14,19-23,25,29H,13,15-18H2,1-11H3. The molecule has 6 unspecified atom stereocenters. The first-order chi connectivity index (χ1) is 15.4. The fourth-order valence-electron chi connectivity index (χ4n) is 4.93. The van der Waals surface area contributed by atoms with Crippen LogP contribution in [0.4, 0.5) is 0 Å². The summed E-state index contributed by atoms with van der Waals surface area (Å²) in [5, 5.41) is 11.6. The second-order valence-corrected chi connectivity index (χ2v) is 23.2. The Kier molecular flexibility index (Phi) is 9.51. The Hall–Kier alpha value is -0.476. The third-order valence-electron chi connectivity index (χ3n) is 9.32. The van der Waals surface area contributed by atoms with E-state index in [0.717, 1.165) is 19.4 Å². The van der Waals surface area contributed by atoms with Gasteiger partial charge in [-0.25, -0.2) is 0 Å². The van der Waals surface area contributed by atoms with E-state index >= 15 is 0 Å². The van der Waals surface area contributed by atoms with Crippen LogP contribution in [0.2, 0.25) is 36.3 Å². The number of esters is 1. The normalized spacial score (nSPS) is 30.7. The van der Waals surface area contributed by atoms with Crippen molar-refractivity contribution >= 4 is 22.6 Å². The third kappa shape index (κ3) is 6.84. The molecule has 198 valence electrons. The number of aliphatic hydroxyl groups excluding tert-OH is 1. The van der Waals surface area contributed by atoms with E-state index in [2.05, 4.69) is 73.8 Å². The average molecular weight is 513 g/mol. The average Bonchev–Trinajstić information content (AvgIpc) is 3.17. The van der Waals surface area contributed by atoms with Gasteiger partial charge in [0.2, 0.25) is 0 Å². The molecular weight excluding hydrogens is 460 g/mol. The summed E-state index contributed by atoms with van der Waals surface area (Å²) in [7, 11) is -2.40. The summed E-state index contributed by atoms with van der Waals surface area (Å²) in [6, 6.07) is 0. The smallest absolute Gasteiger partial charge is 0.305 e. The second-order valence-electron chi connectivity index (χ2n) is 13.6. The molecule has 0 heterocycles. The summed E-state index contributed by atoms with van der Waals surface area (Å²) in [6.45, 7) is 23.8. The maximum Gasteiger partial charge on any atom is 0.305 e. The largest absolute Gasteiger partial charge is 0.469 e. The molecule has 1 N–H and O–H groups in total. The number of ether oxygens (including phenoxy) is 1. The van der Waals surface area contributed by atoms with Crippen LogP contribution in [0.25, 0.3) is 0 Å². The summed E-state index contributed by atoms with van der Waals surface area (Å²) in [4.78, 5) is 11.4. The first kappa shape index (κ1) is 29.8. The van der Waals surface area contributed by atoms with Crippen molar-refractivity contribution in [2.45, 2.75) is 116 Å². The van der Waals surface area contributed by atoms with Crippen molar-refractivity contribution in [3.63, 3.8) is 0 Å². The lowest BCUT2D eigenvalue weighted by atomic mass is 9.91. The molecule has 0 saturated heterocycles. The van der Waals surface area contributed by atoms with Crippen LogP contribution in [-0.4, -0.2) is 53.6 Å². The van der Waals surface area contributed by atoms with Crippen molar-refractivity contribution in [1.29, 1.82) is 0 Å². The van der Waals surface area contributed by atoms with Crippen LogP contribution in [0.3, 0.4) is 0 Å². The summed E-state index contributed by atoms with van der Waals surface area (Å²) in [6.07, 6.45) is 6.87. The lowest BCUT2D eigenvalue weighted by Crippen LogP contribution is -2.47. The van der Waals surface area contributed by atoms with Crippen LogP contribution in [0.5, 0.6) is 0 Å². The first-order valence-corrected chi connectivity index (χ1v) is 19.0. The minimum absolute atomic E-state index is 0.136. The minimum Gasteiger partial charge on any atom is -0.469 e. The zero-order valence-corrected chi connectivity index (χ0v) is 25.7. The Bertz CT molecular complexity index is 720. The Morgan fingerprint density at radius 3 is 2.09 bits per heavy atom. The molecule has 2 rings (SSSR count). The number of fused-ring (bicyclic) bond motifs is 1. The van der Waals surface area contributed by atoms with Crippen LogP contribution in [0.1, 0.15) is 67.2 Å². The topological polar surface area (TPSA) is 65.0 Å². The molecule has 34 heavy (non-hydrogen) atoms. The van der Waals surface area contributed by atoms with Crippen LogP contribution in [-0.2, 0) is 18.4 Å². The summed E-state index contributed by atoms with van der Waals surface area (Å²) >= 11 is 0. The van der Waals surface area contributed by atoms with Gasteiger partial charge < -0.3 is 18.7 Å². The molecule has 0 amide bonds. The van der Waals surface area contributed by atoms with Gasteiger partial charge in [0.25, 0.3) is 0 Å². The van der Waals surface area contributed by atoms with E-state index in [-0.39, 0.29) is 40.1 Å². The second kappa shape index (κ2) is 10.9. The highest BCUT2D eigenvalue weighted by Crippen LogP contribution is 2.53. The Labute approximate surface area is 211 Å². The first-order valence-electron chi connectivity index (χ1n) is 13.1. The predicted octanol–water partition coefficient (Wildman–Crippen LogP) is 6.54. The van der Waals surface area contributed by atoms with Crippen molar-refractivity contribution in [2.75, 3.05) is 13.7 Å². The van der Waals surface area contributed by atoms with E-state index in [9.17, 15) is 9.90 Å². The van der Waals surface area contributed by atoms with E-state index in [4.69, 9.17) is 13.6 Å². The molecule has 0 spiro atoms. The van der Waals surface area contributed by atoms with Gasteiger partial charge in [-0.05, 0) is 67.4 Å². The van der Waals surface area contributed by atoms with Crippen LogP contribution in [0, 0.1) is 23.7 Å². The fourth-order valence-corrected chi connectivity index (χ4v) is 7.36. The number of hydrogen-bond acceptors (Lipinski definition) is 5. The number of rotatable bonds is 9. The highest BCUT2D eigenvalue weighted by atomic mass is 28.4. The van der Waals surface area contributed by atoms with Crippen molar-refractivity contribution in [3.05, 3.63) is 12.2 Å². The Morgan fingerprint density at radius 2 is 1.56 bits per heavy atom. The molecule has 6 atom stereocenters. The predicted molar refractivity (Wildman–Crippen MR) is 145 cm³/mol. The van der Waals surface area contributed by atoms with Crippen molar-refractivity contribution in [2.24, 2.45) is 23.7 Å². The van der Waals surface area contributed by atoms with Gasteiger partial charge in [-0.2, -0.15) is 0 Å². The van der Waals surface area contributed by atoms with Gasteiger partial charge in [0.15, 0.2) is 16.6 Å². The van der Waals surface area contributed by atoms with Crippen molar-refractivity contribution in [3.8, 4) is 0 Å². The van der Waals surface area contributed by atoms with E-state index in [0.29, 0.717) is 24.7 Å². The van der Waals surface area contributed by atoms with Crippen LogP contribution >= 0.6 is 0 Å². The van der Waals surface area contributed by atoms with E-state index in [1.165, 1.54) is 7.11 Å². The van der Waals surface area contributed by atoms with Gasteiger partial charge in [-0.15, -0.1) is 0 Å². The molecule has 0 aromatic rings. The summed E-state index contributed by atoms with van der Waals surface area (Å²) < 4.78 is 18.5. The lowest BCUT2D eigenvalue weighted by molar-refractivity contribution is -0.140. The Morgan fingerprint density at radius 1 is 0.971 bits per heavy atom. The highest BCUT2D eigenvalue weighted by Gasteiger charge is 2.55. The minimum atomic E-state index is -1.93. The molecule has 2 aliphatic rings. The number of carbonyl (C=O) groups excluding carboxylic acids is 1. The van der Waals surface area contributed by atoms with E-state index < -0.39 is 16.6 Å². The van der Waals surface area contributed by atoms with Gasteiger partial charge in [-0.1, -0.05) is 53.7 Å². The summed E-state index contributed by atoms with van der Waals surface area (Å²) in [5.74, 6) is 0.915. The quantitative estimate of drug-likeness (QED) is 0.216. The number of hydrogen-bond donors (Lipinski definition) is 1. The SMILES string of the molecule is COC(=O)CCC=CC1CC2C(CO[Si](C)(C)C(C)(C)C)C(O[Si](C)(C)C(C)(C)C)CC2C1O. The number of methoxy groups -OCH3 is 1. The molecule has 2 fully saturated rings. The fraction of sp³-hybridized carbons (Fsp3) is 0.889.